The van der Waals surface area contributed by atoms with Crippen molar-refractivity contribution in [3.63, 3.8) is 0 Å². The Bertz CT molecular complexity index is 498. The van der Waals surface area contributed by atoms with Gasteiger partial charge >= 0.3 is 0 Å². The summed E-state index contributed by atoms with van der Waals surface area (Å²) in [5.74, 6) is -0.0826. The highest BCUT2D eigenvalue weighted by molar-refractivity contribution is 7.80. The van der Waals surface area contributed by atoms with Gasteiger partial charge in [0.05, 0.1) is 17.5 Å². The van der Waals surface area contributed by atoms with Crippen molar-refractivity contribution in [2.24, 2.45) is 11.7 Å². The van der Waals surface area contributed by atoms with Gasteiger partial charge in [0.15, 0.2) is 0 Å². The Hall–Kier alpha value is -1.49. The number of nitrogens with two attached hydrogens (primary N) is 1. The summed E-state index contributed by atoms with van der Waals surface area (Å²) >= 11 is 5.11. The van der Waals surface area contributed by atoms with Gasteiger partial charge in [0.1, 0.15) is 5.82 Å². The quantitative estimate of drug-likeness (QED) is 0.822. The molecule has 0 radical (unpaired) electrons. The van der Waals surface area contributed by atoms with Crippen LogP contribution >= 0.6 is 12.2 Å². The van der Waals surface area contributed by atoms with E-state index in [1.165, 1.54) is 18.6 Å². The fourth-order valence-corrected chi connectivity index (χ4v) is 3.15. The number of nitrogens with one attached hydrogen (secondary N) is 1. The average molecular weight is 308 g/mol. The van der Waals surface area contributed by atoms with Gasteiger partial charge in [0, 0.05) is 0 Å². The molecule has 1 unspecified atom stereocenters. The second kappa shape index (κ2) is 7.50. The molecular formula is C16H21FN2OS. The minimum absolute atomic E-state index is 0.120. The summed E-state index contributed by atoms with van der Waals surface area (Å²) < 4.78 is 12.8. The van der Waals surface area contributed by atoms with Crippen molar-refractivity contribution < 1.29 is 9.18 Å². The first-order valence-corrected chi connectivity index (χ1v) is 7.80. The van der Waals surface area contributed by atoms with Crippen LogP contribution in [0.25, 0.3) is 0 Å². The number of carbonyl (C=O) groups is 1. The number of carbonyl (C=O) groups excluding carboxylic acids is 1. The van der Waals surface area contributed by atoms with Crippen LogP contribution < -0.4 is 11.1 Å². The van der Waals surface area contributed by atoms with Gasteiger partial charge in [-0.25, -0.2) is 4.39 Å². The van der Waals surface area contributed by atoms with Gasteiger partial charge in [-0.05, 0) is 36.5 Å². The number of hydrogen-bond acceptors (Lipinski definition) is 2. The summed E-state index contributed by atoms with van der Waals surface area (Å²) in [7, 11) is 0. The lowest BCUT2D eigenvalue weighted by atomic mass is 9.83. The van der Waals surface area contributed by atoms with Gasteiger partial charge < -0.3 is 11.1 Å². The van der Waals surface area contributed by atoms with Crippen molar-refractivity contribution in [1.82, 2.24) is 5.32 Å². The molecule has 1 atom stereocenters. The van der Waals surface area contributed by atoms with Crippen LogP contribution in [0.2, 0.25) is 0 Å². The topological polar surface area (TPSA) is 55.1 Å². The minimum atomic E-state index is -0.303. The van der Waals surface area contributed by atoms with Gasteiger partial charge in [-0.15, -0.1) is 0 Å². The fourth-order valence-electron chi connectivity index (χ4n) is 2.90. The molecule has 3 nitrogen and oxygen atoms in total. The van der Waals surface area contributed by atoms with E-state index in [0.717, 1.165) is 31.2 Å². The third-order valence-electron chi connectivity index (χ3n) is 4.02. The average Bonchev–Trinajstić information content (AvgIpc) is 2.48. The Labute approximate surface area is 130 Å². The molecule has 0 heterocycles. The number of thiocarbonyl (C=S) groups is 1. The van der Waals surface area contributed by atoms with Gasteiger partial charge in [0.2, 0.25) is 5.91 Å². The van der Waals surface area contributed by atoms with Crippen LogP contribution in [0.3, 0.4) is 0 Å². The highest BCUT2D eigenvalue weighted by Gasteiger charge is 2.27. The van der Waals surface area contributed by atoms with Crippen molar-refractivity contribution in [2.45, 2.75) is 44.6 Å². The maximum Gasteiger partial charge on any atom is 0.224 e. The van der Waals surface area contributed by atoms with Gasteiger partial charge in [-0.2, -0.15) is 0 Å². The monoisotopic (exact) mass is 308 g/mol. The molecule has 114 valence electrons. The molecule has 0 spiro atoms. The second-order valence-electron chi connectivity index (χ2n) is 5.65. The lowest BCUT2D eigenvalue weighted by molar-refractivity contribution is -0.121. The van der Waals surface area contributed by atoms with Gasteiger partial charge in [-0.1, -0.05) is 43.6 Å². The van der Waals surface area contributed by atoms with E-state index < -0.39 is 0 Å². The van der Waals surface area contributed by atoms with Crippen molar-refractivity contribution in [2.75, 3.05) is 0 Å². The zero-order valence-electron chi connectivity index (χ0n) is 12.0. The molecule has 1 saturated carbocycles. The Balaban J connectivity index is 1.94. The maximum absolute atomic E-state index is 12.8. The largest absolute Gasteiger partial charge is 0.392 e. The standard InChI is InChI=1S/C16H21FN2OS/c17-13-8-6-11(7-9-13)10-14(20)19-15(16(18)21)12-4-2-1-3-5-12/h6-9,12,15H,1-5,10H2,(H2,18,21)(H,19,20). The van der Waals surface area contributed by atoms with Crippen LogP contribution in [0.5, 0.6) is 0 Å². The van der Waals surface area contributed by atoms with E-state index in [0.29, 0.717) is 10.9 Å². The Morgan fingerprint density at radius 1 is 1.29 bits per heavy atom. The molecule has 1 aromatic carbocycles. The highest BCUT2D eigenvalue weighted by Crippen LogP contribution is 2.26. The number of rotatable bonds is 5. The van der Waals surface area contributed by atoms with Crippen molar-refractivity contribution in [1.29, 1.82) is 0 Å². The highest BCUT2D eigenvalue weighted by atomic mass is 32.1. The Morgan fingerprint density at radius 2 is 1.90 bits per heavy atom. The molecule has 1 fully saturated rings. The lowest BCUT2D eigenvalue weighted by Gasteiger charge is -2.30. The summed E-state index contributed by atoms with van der Waals surface area (Å²) in [4.78, 5) is 12.5. The van der Waals surface area contributed by atoms with Crippen LogP contribution in [0.1, 0.15) is 37.7 Å². The number of halogens is 1. The zero-order chi connectivity index (χ0) is 15.2. The normalized spacial score (nSPS) is 17.2. The summed E-state index contributed by atoms with van der Waals surface area (Å²) in [6, 6.07) is 5.72. The maximum atomic E-state index is 12.8. The molecule has 0 saturated heterocycles. The molecule has 0 bridgehead atoms. The minimum Gasteiger partial charge on any atom is -0.392 e. The third kappa shape index (κ3) is 4.77. The van der Waals surface area contributed by atoms with Gasteiger partial charge in [-0.3, -0.25) is 4.79 Å². The summed E-state index contributed by atoms with van der Waals surface area (Å²) in [6.45, 7) is 0. The summed E-state index contributed by atoms with van der Waals surface area (Å²) in [6.07, 6.45) is 5.89. The van der Waals surface area contributed by atoms with E-state index >= 15 is 0 Å². The lowest BCUT2D eigenvalue weighted by Crippen LogP contribution is -2.49. The van der Waals surface area contributed by atoms with E-state index in [2.05, 4.69) is 5.32 Å². The zero-order valence-corrected chi connectivity index (χ0v) is 12.8. The fraction of sp³-hybridized carbons (Fsp3) is 0.500. The van der Waals surface area contributed by atoms with Crippen LogP contribution in [0.15, 0.2) is 24.3 Å². The molecule has 1 aliphatic rings. The van der Waals surface area contributed by atoms with Crippen molar-refractivity contribution in [3.05, 3.63) is 35.6 Å². The molecule has 0 aliphatic heterocycles. The predicted octanol–water partition coefficient (Wildman–Crippen LogP) is 2.72. The number of amides is 1. The first-order chi connectivity index (χ1) is 10.1. The summed E-state index contributed by atoms with van der Waals surface area (Å²) in [5.41, 5.74) is 6.57. The van der Waals surface area contributed by atoms with Crippen molar-refractivity contribution >= 4 is 23.1 Å². The molecule has 21 heavy (non-hydrogen) atoms. The molecule has 1 aromatic rings. The van der Waals surface area contributed by atoms with Crippen molar-refractivity contribution in [3.8, 4) is 0 Å². The number of benzene rings is 1. The first kappa shape index (κ1) is 15.9. The predicted molar refractivity (Wildman–Crippen MR) is 85.4 cm³/mol. The molecule has 1 amide bonds. The first-order valence-electron chi connectivity index (χ1n) is 7.39. The Morgan fingerprint density at radius 3 is 2.48 bits per heavy atom. The van der Waals surface area contributed by atoms with E-state index in [1.54, 1.807) is 12.1 Å². The SMILES string of the molecule is NC(=S)C(NC(=O)Cc1ccc(F)cc1)C1CCCCC1. The third-order valence-corrected chi connectivity index (χ3v) is 4.28. The molecule has 0 aromatic heterocycles. The van der Waals surface area contributed by atoms with Gasteiger partial charge in [0.25, 0.3) is 0 Å². The van der Waals surface area contributed by atoms with Crippen LogP contribution in [0.4, 0.5) is 4.39 Å². The van der Waals surface area contributed by atoms with E-state index in [9.17, 15) is 9.18 Å². The Kier molecular flexibility index (Phi) is 5.67. The number of hydrogen-bond donors (Lipinski definition) is 2. The van der Waals surface area contributed by atoms with E-state index in [-0.39, 0.29) is 24.2 Å². The van der Waals surface area contributed by atoms with Crippen LogP contribution in [-0.4, -0.2) is 16.9 Å². The van der Waals surface area contributed by atoms with E-state index in [1.807, 2.05) is 0 Å². The van der Waals surface area contributed by atoms with E-state index in [4.69, 9.17) is 18.0 Å². The van der Waals surface area contributed by atoms with Crippen LogP contribution in [0, 0.1) is 11.7 Å². The molecule has 5 heteroatoms. The molecule has 1 aliphatic carbocycles. The molecular weight excluding hydrogens is 287 g/mol. The summed E-state index contributed by atoms with van der Waals surface area (Å²) in [5, 5.41) is 2.95. The molecule has 2 rings (SSSR count). The van der Waals surface area contributed by atoms with Crippen LogP contribution in [-0.2, 0) is 11.2 Å². The second-order valence-corrected chi connectivity index (χ2v) is 6.12. The smallest absolute Gasteiger partial charge is 0.224 e. The molecule has 3 N–H and O–H groups in total.